The van der Waals surface area contributed by atoms with Crippen LogP contribution in [0.4, 0.5) is 17.1 Å². The highest BCUT2D eigenvalue weighted by Gasteiger charge is 2.28. The van der Waals surface area contributed by atoms with Crippen molar-refractivity contribution in [2.75, 3.05) is 4.72 Å². The van der Waals surface area contributed by atoms with Crippen LogP contribution in [0.5, 0.6) is 0 Å². The first-order valence-electron chi connectivity index (χ1n) is 7.35. The third kappa shape index (κ3) is 4.91. The molecule has 0 atom stereocenters. The summed E-state index contributed by atoms with van der Waals surface area (Å²) in [6.45, 7) is 0. The number of benzene rings is 2. The first kappa shape index (κ1) is 21.5. The van der Waals surface area contributed by atoms with Gasteiger partial charge in [0.25, 0.3) is 21.4 Å². The fraction of sp³-hybridized carbons (Fsp3) is 0. The molecule has 0 aliphatic carbocycles. The van der Waals surface area contributed by atoms with Gasteiger partial charge in [-0.25, -0.2) is 16.8 Å². The van der Waals surface area contributed by atoms with Crippen molar-refractivity contribution in [3.63, 3.8) is 0 Å². The van der Waals surface area contributed by atoms with Crippen molar-refractivity contribution < 1.29 is 26.7 Å². The molecule has 12 nitrogen and oxygen atoms in total. The third-order valence-electron chi connectivity index (χ3n) is 3.40. The molecule has 0 bridgehead atoms. The Morgan fingerprint density at radius 3 is 2.10 bits per heavy atom. The Labute approximate surface area is 164 Å². The molecule has 0 heterocycles. The second kappa shape index (κ2) is 8.04. The molecule has 29 heavy (non-hydrogen) atoms. The molecule has 0 aromatic heterocycles. The standard InChI is InChI=1S/C15H10N4O8S2/c16-8-1-9-28(24,25)13-5-2-11(3-6-13)17-29(26,27)15-7-4-12(18(20)21)10-14(15)19(22)23/h1-7,9-10,17H. The van der Waals surface area contributed by atoms with Crippen LogP contribution in [-0.2, 0) is 19.9 Å². The monoisotopic (exact) mass is 438 g/mol. The number of nitro benzene ring substituents is 2. The molecule has 2 aromatic rings. The fourth-order valence-corrected chi connectivity index (χ4v) is 4.24. The molecule has 0 radical (unpaired) electrons. The Morgan fingerprint density at radius 2 is 1.59 bits per heavy atom. The summed E-state index contributed by atoms with van der Waals surface area (Å²) in [7, 11) is -8.41. The highest BCUT2D eigenvalue weighted by atomic mass is 32.2. The van der Waals surface area contributed by atoms with E-state index in [0.29, 0.717) is 11.5 Å². The molecule has 14 heteroatoms. The minimum atomic E-state index is -4.51. The molecule has 1 N–H and O–H groups in total. The Balaban J connectivity index is 2.40. The summed E-state index contributed by atoms with van der Waals surface area (Å²) in [6.07, 6.45) is 0.764. The number of anilines is 1. The first-order chi connectivity index (χ1) is 13.5. The van der Waals surface area contributed by atoms with Gasteiger partial charge in [0.2, 0.25) is 9.84 Å². The summed E-state index contributed by atoms with van der Waals surface area (Å²) in [4.78, 5) is 18.9. The van der Waals surface area contributed by atoms with Crippen LogP contribution in [0.1, 0.15) is 0 Å². The van der Waals surface area contributed by atoms with E-state index >= 15 is 0 Å². The zero-order valence-corrected chi connectivity index (χ0v) is 15.8. The van der Waals surface area contributed by atoms with Gasteiger partial charge >= 0.3 is 0 Å². The van der Waals surface area contributed by atoms with E-state index < -0.39 is 46.0 Å². The van der Waals surface area contributed by atoms with E-state index in [2.05, 4.69) is 0 Å². The highest BCUT2D eigenvalue weighted by Crippen LogP contribution is 2.30. The van der Waals surface area contributed by atoms with E-state index in [1.54, 1.807) is 0 Å². The Hall–Kier alpha value is -3.83. The van der Waals surface area contributed by atoms with Crippen LogP contribution < -0.4 is 4.72 Å². The second-order valence-electron chi connectivity index (χ2n) is 5.27. The average molecular weight is 438 g/mol. The topological polar surface area (TPSA) is 190 Å². The molecule has 0 spiro atoms. The van der Waals surface area contributed by atoms with Crippen molar-refractivity contribution in [3.05, 3.63) is 74.2 Å². The molecule has 2 rings (SSSR count). The van der Waals surface area contributed by atoms with Crippen molar-refractivity contribution in [2.24, 2.45) is 0 Å². The minimum absolute atomic E-state index is 0.110. The third-order valence-corrected chi connectivity index (χ3v) is 6.25. The lowest BCUT2D eigenvalue weighted by Crippen LogP contribution is -2.15. The maximum atomic E-state index is 12.5. The van der Waals surface area contributed by atoms with Crippen LogP contribution in [0.25, 0.3) is 0 Å². The van der Waals surface area contributed by atoms with Gasteiger partial charge in [-0.2, -0.15) is 5.26 Å². The lowest BCUT2D eigenvalue weighted by atomic mass is 10.3. The van der Waals surface area contributed by atoms with Crippen LogP contribution in [0.3, 0.4) is 0 Å². The van der Waals surface area contributed by atoms with Crippen LogP contribution >= 0.6 is 0 Å². The molecular weight excluding hydrogens is 428 g/mol. The zero-order valence-electron chi connectivity index (χ0n) is 14.1. The number of hydrogen-bond acceptors (Lipinski definition) is 9. The van der Waals surface area contributed by atoms with E-state index in [1.165, 1.54) is 6.07 Å². The first-order valence-corrected chi connectivity index (χ1v) is 10.4. The Morgan fingerprint density at radius 1 is 0.966 bits per heavy atom. The molecule has 0 amide bonds. The smallest absolute Gasteiger partial charge is 0.279 e. The molecule has 0 fully saturated rings. The molecular formula is C15H10N4O8S2. The Bertz CT molecular complexity index is 1260. The number of nitrogens with zero attached hydrogens (tertiary/aromatic N) is 3. The van der Waals surface area contributed by atoms with E-state index in [4.69, 9.17) is 5.26 Å². The SMILES string of the molecule is N#CC=CS(=O)(=O)c1ccc(NS(=O)(=O)c2ccc([N+](=O)[O-])cc2[N+](=O)[O-])cc1. The molecule has 2 aromatic carbocycles. The van der Waals surface area contributed by atoms with E-state index in [-0.39, 0.29) is 10.6 Å². The van der Waals surface area contributed by atoms with Crippen molar-refractivity contribution in [2.45, 2.75) is 9.79 Å². The molecule has 0 aliphatic heterocycles. The summed E-state index contributed by atoms with van der Waals surface area (Å²) >= 11 is 0. The normalized spacial score (nSPS) is 11.7. The van der Waals surface area contributed by atoms with Gasteiger partial charge in [0.15, 0.2) is 4.90 Å². The van der Waals surface area contributed by atoms with E-state index in [9.17, 15) is 37.1 Å². The molecule has 0 unspecified atom stereocenters. The van der Waals surface area contributed by atoms with Crippen LogP contribution in [-0.4, -0.2) is 26.7 Å². The predicted molar refractivity (Wildman–Crippen MR) is 98.9 cm³/mol. The lowest BCUT2D eigenvalue weighted by molar-refractivity contribution is -0.396. The van der Waals surface area contributed by atoms with Gasteiger partial charge in [-0.3, -0.25) is 25.0 Å². The van der Waals surface area contributed by atoms with Gasteiger partial charge in [0.05, 0.1) is 26.9 Å². The number of nitriles is 1. The summed E-state index contributed by atoms with van der Waals surface area (Å²) in [5.74, 6) is 0. The van der Waals surface area contributed by atoms with Crippen LogP contribution in [0, 0.1) is 31.6 Å². The maximum Gasteiger partial charge on any atom is 0.296 e. The van der Waals surface area contributed by atoms with Gasteiger partial charge in [0, 0.05) is 23.2 Å². The number of sulfonamides is 1. The van der Waals surface area contributed by atoms with E-state index in [0.717, 1.165) is 42.5 Å². The van der Waals surface area contributed by atoms with Crippen LogP contribution in [0.2, 0.25) is 0 Å². The van der Waals surface area contributed by atoms with Gasteiger partial charge in [-0.1, -0.05) is 0 Å². The molecule has 0 saturated heterocycles. The second-order valence-corrected chi connectivity index (χ2v) is 8.76. The van der Waals surface area contributed by atoms with Crippen molar-refractivity contribution in [3.8, 4) is 6.07 Å². The van der Waals surface area contributed by atoms with Crippen molar-refractivity contribution in [1.29, 1.82) is 5.26 Å². The summed E-state index contributed by atoms with van der Waals surface area (Å²) < 4.78 is 50.8. The number of sulfone groups is 1. The number of nitro groups is 2. The Kier molecular flexibility index (Phi) is 5.95. The predicted octanol–water partition coefficient (Wildman–Crippen LogP) is 2.11. The van der Waals surface area contributed by atoms with Gasteiger partial charge in [-0.05, 0) is 30.3 Å². The quantitative estimate of drug-likeness (QED) is 0.383. The van der Waals surface area contributed by atoms with Gasteiger partial charge in [-0.15, -0.1) is 0 Å². The largest absolute Gasteiger partial charge is 0.296 e. The maximum absolute atomic E-state index is 12.5. The van der Waals surface area contributed by atoms with E-state index in [1.807, 2.05) is 4.72 Å². The van der Waals surface area contributed by atoms with Crippen molar-refractivity contribution in [1.82, 2.24) is 0 Å². The van der Waals surface area contributed by atoms with Gasteiger partial charge < -0.3 is 0 Å². The number of allylic oxidation sites excluding steroid dienone is 1. The van der Waals surface area contributed by atoms with Gasteiger partial charge in [0.1, 0.15) is 0 Å². The highest BCUT2D eigenvalue weighted by molar-refractivity contribution is 7.94. The minimum Gasteiger partial charge on any atom is -0.279 e. The fourth-order valence-electron chi connectivity index (χ4n) is 2.11. The molecule has 0 aliphatic rings. The molecule has 150 valence electrons. The number of non-ortho nitro benzene ring substituents is 1. The summed E-state index contributed by atoms with van der Waals surface area (Å²) in [6, 6.07) is 7.92. The lowest BCUT2D eigenvalue weighted by Gasteiger charge is -2.09. The summed E-state index contributed by atoms with van der Waals surface area (Å²) in [5, 5.41) is 31.0. The zero-order chi connectivity index (χ0) is 21.8. The number of nitrogens with one attached hydrogen (secondary N) is 1. The number of rotatable bonds is 7. The molecule has 0 saturated carbocycles. The summed E-state index contributed by atoms with van der Waals surface area (Å²) in [5.41, 5.74) is -1.76. The average Bonchev–Trinajstić information content (AvgIpc) is 2.66. The van der Waals surface area contributed by atoms with Crippen molar-refractivity contribution >= 4 is 36.9 Å². The number of hydrogen-bond donors (Lipinski definition) is 1. The van der Waals surface area contributed by atoms with Crippen LogP contribution in [0.15, 0.2) is 63.7 Å².